The lowest BCUT2D eigenvalue weighted by Gasteiger charge is -2.33. The Balaban J connectivity index is 1.42. The molecule has 0 saturated heterocycles. The van der Waals surface area contributed by atoms with Crippen molar-refractivity contribution in [2.45, 2.75) is 190 Å². The molecule has 67 heavy (non-hydrogen) atoms. The first kappa shape index (κ1) is 51.3. The number of nitrogens with zero attached hydrogens (tertiary/aromatic N) is 2. The van der Waals surface area contributed by atoms with Crippen molar-refractivity contribution in [3.05, 3.63) is 166 Å². The van der Waals surface area contributed by atoms with Gasteiger partial charge in [0.2, 0.25) is 0 Å². The van der Waals surface area contributed by atoms with Crippen LogP contribution in [0.4, 0.5) is 34.1 Å². The Hall–Kier alpha value is -5.08. The normalized spacial score (nSPS) is 13.9. The van der Waals surface area contributed by atoms with Gasteiger partial charge in [0.25, 0.3) is 0 Å². The Labute approximate surface area is 409 Å². The molecular weight excluding hydrogens is 809 g/mol. The Morgan fingerprint density at radius 2 is 0.746 bits per heavy atom. The van der Waals surface area contributed by atoms with Gasteiger partial charge in [-0.15, -0.1) is 0 Å². The van der Waals surface area contributed by atoms with Crippen molar-refractivity contribution in [2.24, 2.45) is 0 Å². The zero-order chi connectivity index (χ0) is 48.9. The molecule has 6 aromatic carbocycles. The van der Waals surface area contributed by atoms with Gasteiger partial charge in [-0.05, 0) is 179 Å². The van der Waals surface area contributed by atoms with Gasteiger partial charge in [-0.1, -0.05) is 188 Å². The molecule has 0 aliphatic rings. The highest BCUT2D eigenvalue weighted by atomic mass is 15.2. The topological polar surface area (TPSA) is 6.48 Å². The van der Waals surface area contributed by atoms with Crippen LogP contribution in [0.2, 0.25) is 0 Å². The second-order valence-electron chi connectivity index (χ2n) is 22.7. The minimum absolute atomic E-state index is 0.0681. The zero-order valence-corrected chi connectivity index (χ0v) is 44.8. The molecule has 0 spiro atoms. The monoisotopic (exact) mass is 895 g/mol. The van der Waals surface area contributed by atoms with E-state index in [1.807, 2.05) is 0 Å². The molecule has 2 unspecified atom stereocenters. The van der Waals surface area contributed by atoms with Crippen molar-refractivity contribution in [2.75, 3.05) is 9.80 Å². The van der Waals surface area contributed by atoms with Gasteiger partial charge in [-0.25, -0.2) is 0 Å². The van der Waals surface area contributed by atoms with Crippen molar-refractivity contribution in [1.29, 1.82) is 0 Å². The van der Waals surface area contributed by atoms with Crippen molar-refractivity contribution >= 4 is 34.1 Å². The van der Waals surface area contributed by atoms with Gasteiger partial charge in [-0.2, -0.15) is 0 Å². The molecule has 0 fully saturated rings. The van der Waals surface area contributed by atoms with E-state index < -0.39 is 0 Å². The summed E-state index contributed by atoms with van der Waals surface area (Å²) in [5, 5.41) is 0. The van der Waals surface area contributed by atoms with Crippen molar-refractivity contribution < 1.29 is 0 Å². The Bertz CT molecular complexity index is 2520. The second kappa shape index (κ2) is 21.1. The van der Waals surface area contributed by atoms with Crippen LogP contribution in [0, 0.1) is 27.7 Å². The lowest BCUT2D eigenvalue weighted by molar-refractivity contribution is 0.383. The molecule has 0 aliphatic heterocycles. The van der Waals surface area contributed by atoms with Crippen LogP contribution < -0.4 is 9.80 Å². The Morgan fingerprint density at radius 3 is 1.12 bits per heavy atom. The maximum absolute atomic E-state index is 2.51. The predicted molar refractivity (Wildman–Crippen MR) is 297 cm³/mol. The number of rotatable bonds is 18. The average Bonchev–Trinajstić information content (AvgIpc) is 3.29. The molecule has 2 heteroatoms. The summed E-state index contributed by atoms with van der Waals surface area (Å²) in [6.45, 7) is 37.3. The van der Waals surface area contributed by atoms with Crippen molar-refractivity contribution in [3.8, 4) is 11.1 Å². The summed E-state index contributed by atoms with van der Waals surface area (Å²) in [6, 6.07) is 47.1. The van der Waals surface area contributed by atoms with Gasteiger partial charge >= 0.3 is 0 Å². The van der Waals surface area contributed by atoms with Crippen LogP contribution in [-0.2, 0) is 21.7 Å². The molecule has 0 bridgehead atoms. The molecule has 0 aromatic heterocycles. The molecule has 0 N–H and O–H groups in total. The predicted octanol–water partition coefficient (Wildman–Crippen LogP) is 20.2. The van der Waals surface area contributed by atoms with Gasteiger partial charge in [0.1, 0.15) is 0 Å². The van der Waals surface area contributed by atoms with E-state index in [0.29, 0.717) is 0 Å². The van der Waals surface area contributed by atoms with E-state index in [1.165, 1.54) is 141 Å². The number of benzene rings is 6. The first-order valence-electron chi connectivity index (χ1n) is 25.9. The fraction of sp³-hybridized carbons (Fsp3) is 0.446. The van der Waals surface area contributed by atoms with Crippen LogP contribution in [0.25, 0.3) is 11.1 Å². The summed E-state index contributed by atoms with van der Waals surface area (Å²) in [5.74, 6) is 0. The standard InChI is InChI=1S/C65H86N2/c1-17-21-39-64(15,20-4)53-24-23-25-59(45-53)67(61-48(7)43-55(44-49(61)8)63(12,13)14)57-34-28-51(29-35-57)50-26-32-56(33-27-50)66(60-46(5)41-54(42-47(60)6)62(9,10)11)58-36-30-52(31-37-58)65(16,38-19-3)40-22-18-2/h23-37,41-45H,17-22,38-40H2,1-16H3. The fourth-order valence-electron chi connectivity index (χ4n) is 10.6. The third-order valence-electron chi connectivity index (χ3n) is 15.1. The van der Waals surface area contributed by atoms with Gasteiger partial charge in [-0.3, -0.25) is 0 Å². The molecule has 0 aliphatic carbocycles. The van der Waals surface area contributed by atoms with Crippen LogP contribution in [0.3, 0.4) is 0 Å². The van der Waals surface area contributed by atoms with E-state index >= 15 is 0 Å². The second-order valence-corrected chi connectivity index (χ2v) is 22.7. The van der Waals surface area contributed by atoms with E-state index in [4.69, 9.17) is 0 Å². The first-order valence-corrected chi connectivity index (χ1v) is 25.9. The summed E-state index contributed by atoms with van der Waals surface area (Å²) < 4.78 is 0. The molecule has 0 heterocycles. The molecular formula is C65H86N2. The maximum Gasteiger partial charge on any atom is 0.0520 e. The molecule has 2 atom stereocenters. The molecule has 2 nitrogen and oxygen atoms in total. The lowest BCUT2D eigenvalue weighted by Crippen LogP contribution is -2.22. The van der Waals surface area contributed by atoms with Crippen LogP contribution in [0.1, 0.15) is 185 Å². The molecule has 6 aromatic rings. The fourth-order valence-corrected chi connectivity index (χ4v) is 10.6. The molecule has 356 valence electrons. The van der Waals surface area contributed by atoms with Crippen LogP contribution in [0.15, 0.2) is 121 Å². The average molecular weight is 895 g/mol. The summed E-state index contributed by atoms with van der Waals surface area (Å²) in [6.07, 6.45) is 10.9. The third-order valence-corrected chi connectivity index (χ3v) is 15.1. The highest BCUT2D eigenvalue weighted by Gasteiger charge is 2.29. The van der Waals surface area contributed by atoms with E-state index in [0.717, 1.165) is 6.42 Å². The van der Waals surface area contributed by atoms with Crippen LogP contribution >= 0.6 is 0 Å². The van der Waals surface area contributed by atoms with Crippen molar-refractivity contribution in [3.63, 3.8) is 0 Å². The zero-order valence-electron chi connectivity index (χ0n) is 44.8. The number of unbranched alkanes of at least 4 members (excludes halogenated alkanes) is 2. The van der Waals surface area contributed by atoms with E-state index in [2.05, 4.69) is 242 Å². The summed E-state index contributed by atoms with van der Waals surface area (Å²) in [4.78, 5) is 5.00. The van der Waals surface area contributed by atoms with Crippen LogP contribution in [0.5, 0.6) is 0 Å². The molecule has 0 radical (unpaired) electrons. The van der Waals surface area contributed by atoms with E-state index in [9.17, 15) is 0 Å². The summed E-state index contributed by atoms with van der Waals surface area (Å²) >= 11 is 0. The SMILES string of the molecule is CCCCC(C)(CC)c1cccc(N(c2ccc(-c3ccc(N(c4ccc(C(C)(CCC)CCCC)cc4)c4c(C)cc(C(C)(C)C)cc4C)cc3)cc2)c2c(C)cc(C(C)(C)C)cc2C)c1. The largest absolute Gasteiger partial charge is 0.310 e. The molecule has 0 amide bonds. The van der Waals surface area contributed by atoms with Gasteiger partial charge in [0.15, 0.2) is 0 Å². The maximum atomic E-state index is 2.51. The van der Waals surface area contributed by atoms with E-state index in [1.54, 1.807) is 0 Å². The van der Waals surface area contributed by atoms with Crippen molar-refractivity contribution in [1.82, 2.24) is 0 Å². The highest BCUT2D eigenvalue weighted by molar-refractivity contribution is 5.84. The quantitative estimate of drug-likeness (QED) is 0.0848. The van der Waals surface area contributed by atoms with Crippen LogP contribution in [-0.4, -0.2) is 0 Å². The number of hydrogen-bond acceptors (Lipinski definition) is 2. The number of hydrogen-bond donors (Lipinski definition) is 0. The van der Waals surface area contributed by atoms with Gasteiger partial charge in [0.05, 0.1) is 11.4 Å². The smallest absolute Gasteiger partial charge is 0.0520 e. The Kier molecular flexibility index (Phi) is 16.1. The third kappa shape index (κ3) is 11.4. The lowest BCUT2D eigenvalue weighted by atomic mass is 9.75. The van der Waals surface area contributed by atoms with Gasteiger partial charge in [0, 0.05) is 22.7 Å². The molecule has 6 rings (SSSR count). The molecule has 0 saturated carbocycles. The highest BCUT2D eigenvalue weighted by Crippen LogP contribution is 2.46. The first-order chi connectivity index (χ1) is 31.7. The minimum atomic E-state index is 0.0681. The summed E-state index contributed by atoms with van der Waals surface area (Å²) in [7, 11) is 0. The summed E-state index contributed by atoms with van der Waals surface area (Å²) in [5.41, 5.74) is 20.9. The number of aryl methyl sites for hydroxylation is 4. The van der Waals surface area contributed by atoms with E-state index in [-0.39, 0.29) is 21.7 Å². The van der Waals surface area contributed by atoms with Gasteiger partial charge < -0.3 is 9.80 Å². The number of anilines is 6. The Morgan fingerprint density at radius 1 is 0.358 bits per heavy atom. The minimum Gasteiger partial charge on any atom is -0.310 e.